The van der Waals surface area contributed by atoms with Crippen LogP contribution in [0.25, 0.3) is 10.4 Å². The third-order valence-electron chi connectivity index (χ3n) is 2.82. The molecule has 18 heavy (non-hydrogen) atoms. The maximum Gasteiger partial charge on any atom is 0.123 e. The average molecular weight is 263 g/mol. The van der Waals surface area contributed by atoms with Crippen molar-refractivity contribution >= 4 is 11.3 Å². The van der Waals surface area contributed by atoms with Crippen LogP contribution < -0.4 is 5.32 Å². The molecule has 0 atom stereocenters. The number of hydrogen-bond acceptors (Lipinski definition) is 2. The van der Waals surface area contributed by atoms with E-state index in [0.717, 1.165) is 35.5 Å². The number of thiophene rings is 1. The molecular weight excluding hydrogens is 245 g/mol. The summed E-state index contributed by atoms with van der Waals surface area (Å²) in [6.07, 6.45) is 1.11. The number of rotatable bonds is 5. The van der Waals surface area contributed by atoms with E-state index in [1.54, 1.807) is 17.4 Å². The third kappa shape index (κ3) is 3.18. The number of aryl methyl sites for hydroxylation is 1. The lowest BCUT2D eigenvalue weighted by Crippen LogP contribution is -2.14. The minimum absolute atomic E-state index is 0.171. The van der Waals surface area contributed by atoms with E-state index in [9.17, 15) is 4.39 Å². The molecule has 2 rings (SSSR count). The minimum atomic E-state index is -0.171. The van der Waals surface area contributed by atoms with Crippen LogP contribution in [0.4, 0.5) is 4.39 Å². The standard InChI is InChI=1S/C15H18FNS/c1-3-8-17-10-12-5-6-13(16)9-14(12)15-7-4-11(2)18-15/h4-7,9,17H,3,8,10H2,1-2H3. The van der Waals surface area contributed by atoms with Crippen molar-refractivity contribution < 1.29 is 4.39 Å². The van der Waals surface area contributed by atoms with E-state index < -0.39 is 0 Å². The van der Waals surface area contributed by atoms with Crippen molar-refractivity contribution in [1.29, 1.82) is 0 Å². The predicted octanol–water partition coefficient (Wildman–Crippen LogP) is 4.36. The highest BCUT2D eigenvalue weighted by atomic mass is 32.1. The molecule has 3 heteroatoms. The Bertz CT molecular complexity index is 519. The van der Waals surface area contributed by atoms with Gasteiger partial charge < -0.3 is 5.32 Å². The molecule has 1 N–H and O–H groups in total. The predicted molar refractivity (Wildman–Crippen MR) is 76.4 cm³/mol. The molecule has 1 aromatic heterocycles. The van der Waals surface area contributed by atoms with Crippen molar-refractivity contribution in [2.75, 3.05) is 6.54 Å². The molecule has 0 amide bonds. The number of halogens is 1. The molecule has 2 aromatic rings. The lowest BCUT2D eigenvalue weighted by Gasteiger charge is -2.09. The van der Waals surface area contributed by atoms with Crippen LogP contribution in [0.15, 0.2) is 30.3 Å². The molecule has 0 unspecified atom stereocenters. The first-order chi connectivity index (χ1) is 8.70. The Kier molecular flexibility index (Phi) is 4.50. The molecule has 0 bridgehead atoms. The molecule has 0 saturated carbocycles. The third-order valence-corrected chi connectivity index (χ3v) is 3.85. The summed E-state index contributed by atoms with van der Waals surface area (Å²) in [6.45, 7) is 5.99. The maximum absolute atomic E-state index is 13.4. The average Bonchev–Trinajstić information content (AvgIpc) is 2.78. The number of hydrogen-bond donors (Lipinski definition) is 1. The van der Waals surface area contributed by atoms with E-state index in [2.05, 4.69) is 31.3 Å². The molecule has 0 aliphatic rings. The van der Waals surface area contributed by atoms with Crippen molar-refractivity contribution in [3.63, 3.8) is 0 Å². The van der Waals surface area contributed by atoms with Crippen LogP contribution in [0.3, 0.4) is 0 Å². The lowest BCUT2D eigenvalue weighted by atomic mass is 10.1. The zero-order valence-corrected chi connectivity index (χ0v) is 11.6. The zero-order valence-electron chi connectivity index (χ0n) is 10.8. The molecular formula is C15H18FNS. The second kappa shape index (κ2) is 6.12. The zero-order chi connectivity index (χ0) is 13.0. The Labute approximate surface area is 112 Å². The van der Waals surface area contributed by atoms with Crippen LogP contribution in [-0.2, 0) is 6.54 Å². The highest BCUT2D eigenvalue weighted by Gasteiger charge is 2.08. The molecule has 96 valence electrons. The Morgan fingerprint density at radius 2 is 2.06 bits per heavy atom. The highest BCUT2D eigenvalue weighted by Crippen LogP contribution is 2.31. The second-order valence-corrected chi connectivity index (χ2v) is 5.68. The van der Waals surface area contributed by atoms with E-state index in [4.69, 9.17) is 0 Å². The summed E-state index contributed by atoms with van der Waals surface area (Å²) in [4.78, 5) is 2.39. The molecule has 0 spiro atoms. The molecule has 1 aromatic carbocycles. The van der Waals surface area contributed by atoms with Gasteiger partial charge in [0.25, 0.3) is 0 Å². The quantitative estimate of drug-likeness (QED) is 0.790. The van der Waals surface area contributed by atoms with E-state index in [1.165, 1.54) is 10.9 Å². The Hall–Kier alpha value is -1.19. The summed E-state index contributed by atoms with van der Waals surface area (Å²) >= 11 is 1.71. The molecule has 0 aliphatic heterocycles. The minimum Gasteiger partial charge on any atom is -0.313 e. The second-order valence-electron chi connectivity index (χ2n) is 4.39. The summed E-state index contributed by atoms with van der Waals surface area (Å²) in [5.41, 5.74) is 2.17. The monoisotopic (exact) mass is 263 g/mol. The van der Waals surface area contributed by atoms with Gasteiger partial charge >= 0.3 is 0 Å². The van der Waals surface area contributed by atoms with Gasteiger partial charge in [0.15, 0.2) is 0 Å². The normalized spacial score (nSPS) is 10.8. The number of nitrogens with one attached hydrogen (secondary N) is 1. The van der Waals surface area contributed by atoms with Crippen molar-refractivity contribution in [1.82, 2.24) is 5.32 Å². The van der Waals surface area contributed by atoms with Crippen molar-refractivity contribution in [3.8, 4) is 10.4 Å². The van der Waals surface area contributed by atoms with Crippen LogP contribution in [0.5, 0.6) is 0 Å². The molecule has 1 heterocycles. The van der Waals surface area contributed by atoms with E-state index in [1.807, 2.05) is 6.07 Å². The highest BCUT2D eigenvalue weighted by molar-refractivity contribution is 7.15. The van der Waals surface area contributed by atoms with Gasteiger partial charge in [-0.25, -0.2) is 4.39 Å². The largest absolute Gasteiger partial charge is 0.313 e. The van der Waals surface area contributed by atoms with Crippen molar-refractivity contribution in [2.24, 2.45) is 0 Å². The van der Waals surface area contributed by atoms with Crippen LogP contribution >= 0.6 is 11.3 Å². The smallest absolute Gasteiger partial charge is 0.123 e. The van der Waals surface area contributed by atoms with E-state index in [-0.39, 0.29) is 5.82 Å². The summed E-state index contributed by atoms with van der Waals surface area (Å²) in [5.74, 6) is -0.171. The van der Waals surface area contributed by atoms with E-state index in [0.29, 0.717) is 0 Å². The molecule has 0 aliphatic carbocycles. The van der Waals surface area contributed by atoms with Gasteiger partial charge in [-0.2, -0.15) is 0 Å². The van der Waals surface area contributed by atoms with Crippen LogP contribution in [0.1, 0.15) is 23.8 Å². The summed E-state index contributed by atoms with van der Waals surface area (Å²) in [7, 11) is 0. The molecule has 0 fully saturated rings. The van der Waals surface area contributed by atoms with Gasteiger partial charge in [-0.05, 0) is 55.3 Å². The van der Waals surface area contributed by atoms with Gasteiger partial charge in [-0.3, -0.25) is 0 Å². The summed E-state index contributed by atoms with van der Waals surface area (Å²) in [6, 6.07) is 9.19. The van der Waals surface area contributed by atoms with Gasteiger partial charge in [-0.15, -0.1) is 11.3 Å². The van der Waals surface area contributed by atoms with Crippen LogP contribution in [-0.4, -0.2) is 6.54 Å². The number of benzene rings is 1. The Morgan fingerprint density at radius 3 is 2.72 bits per heavy atom. The lowest BCUT2D eigenvalue weighted by molar-refractivity contribution is 0.625. The van der Waals surface area contributed by atoms with Gasteiger partial charge in [0.1, 0.15) is 5.82 Å². The van der Waals surface area contributed by atoms with Crippen molar-refractivity contribution in [3.05, 3.63) is 46.6 Å². The summed E-state index contributed by atoms with van der Waals surface area (Å²) in [5, 5.41) is 3.37. The molecule has 1 nitrogen and oxygen atoms in total. The Morgan fingerprint density at radius 1 is 1.22 bits per heavy atom. The maximum atomic E-state index is 13.4. The van der Waals surface area contributed by atoms with Gasteiger partial charge in [0.2, 0.25) is 0 Å². The van der Waals surface area contributed by atoms with Crippen molar-refractivity contribution in [2.45, 2.75) is 26.8 Å². The van der Waals surface area contributed by atoms with Crippen LogP contribution in [0.2, 0.25) is 0 Å². The topological polar surface area (TPSA) is 12.0 Å². The molecule has 0 saturated heterocycles. The first-order valence-electron chi connectivity index (χ1n) is 6.26. The van der Waals surface area contributed by atoms with Gasteiger partial charge in [0, 0.05) is 16.3 Å². The van der Waals surface area contributed by atoms with Crippen LogP contribution in [0, 0.1) is 12.7 Å². The SMILES string of the molecule is CCCNCc1ccc(F)cc1-c1ccc(C)s1. The fourth-order valence-electron chi connectivity index (χ4n) is 1.91. The Balaban J connectivity index is 2.29. The first-order valence-corrected chi connectivity index (χ1v) is 7.08. The fourth-order valence-corrected chi connectivity index (χ4v) is 2.83. The molecule has 0 radical (unpaired) electrons. The van der Waals surface area contributed by atoms with Gasteiger partial charge in [-0.1, -0.05) is 13.0 Å². The first kappa shape index (κ1) is 13.2. The fraction of sp³-hybridized carbons (Fsp3) is 0.333. The van der Waals surface area contributed by atoms with E-state index >= 15 is 0 Å². The summed E-state index contributed by atoms with van der Waals surface area (Å²) < 4.78 is 13.4. The van der Waals surface area contributed by atoms with Gasteiger partial charge in [0.05, 0.1) is 0 Å².